The third-order valence-electron chi connectivity index (χ3n) is 13.0. The highest BCUT2D eigenvalue weighted by Crippen LogP contribution is 2.53. The van der Waals surface area contributed by atoms with Gasteiger partial charge in [-0.1, -0.05) is 60.7 Å². The van der Waals surface area contributed by atoms with Crippen molar-refractivity contribution in [1.29, 1.82) is 0 Å². The van der Waals surface area contributed by atoms with E-state index in [1.54, 1.807) is 37.2 Å². The Morgan fingerprint density at radius 1 is 0.276 bits per heavy atom. The molecular weight excluding hydrogens is 945 g/mol. The molecule has 8 heterocycles. The first-order valence-corrected chi connectivity index (χ1v) is 24.4. The maximum absolute atomic E-state index is 6.55. The van der Waals surface area contributed by atoms with E-state index in [2.05, 4.69) is 90.4 Å². The van der Waals surface area contributed by atoms with Crippen LogP contribution in [0.15, 0.2) is 231 Å². The summed E-state index contributed by atoms with van der Waals surface area (Å²) in [6.07, 6.45) is 10.4. The van der Waals surface area contributed by atoms with Gasteiger partial charge in [-0.15, -0.1) is 0 Å². The number of rotatable bonds is 9. The fraction of sp³-hybridized carbons (Fsp3) is 0. The van der Waals surface area contributed by atoms with Crippen molar-refractivity contribution in [3.05, 3.63) is 231 Å². The highest BCUT2D eigenvalue weighted by Gasteiger charge is 2.29. The molecule has 14 rings (SSSR count). The van der Waals surface area contributed by atoms with Crippen LogP contribution in [0.5, 0.6) is 23.0 Å². The van der Waals surface area contributed by atoms with Crippen molar-refractivity contribution in [3.8, 4) is 103 Å². The molecule has 0 unspecified atom stereocenters. The van der Waals surface area contributed by atoms with Gasteiger partial charge in [0.2, 0.25) is 0 Å². The van der Waals surface area contributed by atoms with Gasteiger partial charge in [-0.05, 0) is 145 Å². The minimum atomic E-state index is 0.412. The maximum Gasteiger partial charge on any atom is 0.182 e. The molecule has 0 N–H and O–H groups in total. The van der Waals surface area contributed by atoms with Gasteiger partial charge in [0.1, 0.15) is 11.4 Å². The maximum atomic E-state index is 6.55. The zero-order valence-corrected chi connectivity index (χ0v) is 40.1. The molecule has 14 nitrogen and oxygen atoms in total. The van der Waals surface area contributed by atoms with Gasteiger partial charge >= 0.3 is 0 Å². The summed E-state index contributed by atoms with van der Waals surface area (Å²) >= 11 is 0. The fourth-order valence-electron chi connectivity index (χ4n) is 9.52. The Morgan fingerprint density at radius 3 is 0.974 bits per heavy atom. The van der Waals surface area contributed by atoms with E-state index in [0.717, 1.165) is 56.4 Å². The van der Waals surface area contributed by atoms with E-state index in [1.165, 1.54) is 0 Å². The molecule has 0 atom stereocenters. The lowest BCUT2D eigenvalue weighted by atomic mass is 9.97. The summed E-state index contributed by atoms with van der Waals surface area (Å²) in [5.74, 6) is 5.42. The second-order valence-electron chi connectivity index (χ2n) is 17.8. The minimum Gasteiger partial charge on any atom is -0.453 e. The first-order valence-electron chi connectivity index (χ1n) is 24.4. The molecule has 0 saturated heterocycles. The molecule has 6 aromatic carbocycles. The predicted molar refractivity (Wildman–Crippen MR) is 292 cm³/mol. The third-order valence-corrected chi connectivity index (χ3v) is 13.0. The minimum absolute atomic E-state index is 0.412. The van der Waals surface area contributed by atoms with Crippen molar-refractivity contribution in [2.75, 3.05) is 9.80 Å². The monoisotopic (exact) mass is 982 g/mol. The van der Waals surface area contributed by atoms with E-state index in [-0.39, 0.29) is 0 Å². The lowest BCUT2D eigenvalue weighted by molar-refractivity contribution is 0.476. The summed E-state index contributed by atoms with van der Waals surface area (Å²) in [7, 11) is 0. The number of aromatic nitrogens is 10. The number of hydrogen-bond acceptors (Lipinski definition) is 14. The SMILES string of the molecule is c1ccc(-c2nc(-c3cccnc3)nc(-c3cc(-c4cc(-c5nc(-c6cccnc6)nc(-c6ccccn6)n5)cc(N5c6ccccc6Oc6ccccc65)c4)cc(N4c5ccccc5Oc5ccccc54)c3)n2)nc1. The standard InChI is InChI=1S/C62H38N12O2/c1-5-23-53-49(19-1)73(50-20-2-6-24-54(50)75-53)45-33-41(31-43(35-45)59-67-57(39-15-13-27-63-37-39)69-61(71-59)47-17-9-11-29-65-47)42-32-44(36-46(34-42)74-51-21-3-7-25-55(51)76-56-26-8-4-22-52(56)74)60-68-58(40-16-14-28-64-38-40)70-62(72-60)48-18-10-12-30-66-48/h1-38H. The molecule has 0 aliphatic carbocycles. The largest absolute Gasteiger partial charge is 0.453 e. The number of para-hydroxylation sites is 8. The second kappa shape index (κ2) is 18.6. The Morgan fingerprint density at radius 2 is 0.618 bits per heavy atom. The lowest BCUT2D eigenvalue weighted by Gasteiger charge is -2.34. The summed E-state index contributed by atoms with van der Waals surface area (Å²) in [5, 5.41) is 0. The van der Waals surface area contributed by atoms with Crippen LogP contribution in [0, 0.1) is 0 Å². The van der Waals surface area contributed by atoms with Gasteiger partial charge in [0.25, 0.3) is 0 Å². The van der Waals surface area contributed by atoms with E-state index < -0.39 is 0 Å². The van der Waals surface area contributed by atoms with Gasteiger partial charge in [-0.25, -0.2) is 29.9 Å². The number of fused-ring (bicyclic) bond motifs is 4. The van der Waals surface area contributed by atoms with Crippen LogP contribution in [0.4, 0.5) is 34.1 Å². The quantitative estimate of drug-likeness (QED) is 0.135. The molecule has 358 valence electrons. The summed E-state index contributed by atoms with van der Waals surface area (Å²) < 4.78 is 13.1. The van der Waals surface area contributed by atoms with Crippen LogP contribution in [0.1, 0.15) is 0 Å². The smallest absolute Gasteiger partial charge is 0.182 e. The Kier molecular flexibility index (Phi) is 10.8. The van der Waals surface area contributed by atoms with Crippen molar-refractivity contribution < 1.29 is 9.47 Å². The molecule has 2 aliphatic heterocycles. The van der Waals surface area contributed by atoms with Gasteiger partial charge < -0.3 is 19.3 Å². The van der Waals surface area contributed by atoms with E-state index in [9.17, 15) is 0 Å². The van der Waals surface area contributed by atoms with Crippen LogP contribution in [-0.4, -0.2) is 49.8 Å². The normalized spacial score (nSPS) is 12.1. The number of anilines is 6. The molecule has 0 spiro atoms. The summed E-state index contributed by atoms with van der Waals surface area (Å²) in [5.41, 5.74) is 10.8. The highest BCUT2D eigenvalue weighted by atomic mass is 16.5. The average molecular weight is 983 g/mol. The number of hydrogen-bond donors (Lipinski definition) is 0. The lowest BCUT2D eigenvalue weighted by Crippen LogP contribution is -2.16. The highest BCUT2D eigenvalue weighted by molar-refractivity contribution is 5.93. The average Bonchev–Trinajstić information content (AvgIpc) is 3.55. The molecule has 0 amide bonds. The van der Waals surface area contributed by atoms with E-state index in [0.29, 0.717) is 80.5 Å². The van der Waals surface area contributed by atoms with E-state index in [4.69, 9.17) is 39.4 Å². The third kappa shape index (κ3) is 8.13. The zero-order chi connectivity index (χ0) is 50.4. The Bertz CT molecular complexity index is 3680. The summed E-state index contributed by atoms with van der Waals surface area (Å²) in [4.78, 5) is 53.3. The Hall–Kier alpha value is -10.9. The van der Waals surface area contributed by atoms with Crippen LogP contribution in [0.2, 0.25) is 0 Å². The molecular formula is C62H38N12O2. The Balaban J connectivity index is 1.05. The number of pyridine rings is 4. The first-order chi connectivity index (χ1) is 37.6. The summed E-state index contributed by atoms with van der Waals surface area (Å²) in [6, 6.07) is 63.9. The van der Waals surface area contributed by atoms with Crippen LogP contribution >= 0.6 is 0 Å². The molecule has 14 heteroatoms. The molecule has 76 heavy (non-hydrogen) atoms. The van der Waals surface area contributed by atoms with Gasteiger partial charge in [0.05, 0.1) is 22.7 Å². The van der Waals surface area contributed by atoms with Crippen molar-refractivity contribution in [2.45, 2.75) is 0 Å². The number of nitrogens with zero attached hydrogens (tertiary/aromatic N) is 12. The van der Waals surface area contributed by atoms with Crippen molar-refractivity contribution in [3.63, 3.8) is 0 Å². The van der Waals surface area contributed by atoms with Crippen molar-refractivity contribution in [1.82, 2.24) is 49.8 Å². The van der Waals surface area contributed by atoms with E-state index >= 15 is 0 Å². The molecule has 0 bridgehead atoms. The molecule has 12 aromatic rings. The second-order valence-corrected chi connectivity index (χ2v) is 17.8. The Labute approximate surface area is 435 Å². The van der Waals surface area contributed by atoms with Gasteiger partial charge in [-0.2, -0.15) is 0 Å². The van der Waals surface area contributed by atoms with Crippen LogP contribution in [-0.2, 0) is 0 Å². The first kappa shape index (κ1) is 43.9. The van der Waals surface area contributed by atoms with Crippen molar-refractivity contribution >= 4 is 34.1 Å². The van der Waals surface area contributed by atoms with Gasteiger partial charge in [0.15, 0.2) is 57.9 Å². The number of ether oxygens (including phenoxy) is 2. The van der Waals surface area contributed by atoms with E-state index in [1.807, 2.05) is 133 Å². The molecule has 0 fully saturated rings. The summed E-state index contributed by atoms with van der Waals surface area (Å²) in [6.45, 7) is 0. The fourth-order valence-corrected chi connectivity index (χ4v) is 9.52. The van der Waals surface area contributed by atoms with Gasteiger partial charge in [0, 0.05) is 70.8 Å². The molecule has 2 aliphatic rings. The van der Waals surface area contributed by atoms with Crippen LogP contribution < -0.4 is 19.3 Å². The number of benzene rings is 6. The van der Waals surface area contributed by atoms with Crippen LogP contribution in [0.25, 0.3) is 79.7 Å². The molecule has 6 aromatic heterocycles. The van der Waals surface area contributed by atoms with Crippen molar-refractivity contribution in [2.24, 2.45) is 0 Å². The van der Waals surface area contributed by atoms with Gasteiger partial charge in [-0.3, -0.25) is 19.9 Å². The van der Waals surface area contributed by atoms with Crippen LogP contribution in [0.3, 0.4) is 0 Å². The zero-order valence-electron chi connectivity index (χ0n) is 40.1. The molecule has 0 saturated carbocycles. The molecule has 0 radical (unpaired) electrons. The topological polar surface area (TPSA) is 154 Å². The predicted octanol–water partition coefficient (Wildman–Crippen LogP) is 14.5.